The second-order valence-corrected chi connectivity index (χ2v) is 7.61. The molecule has 0 atom stereocenters. The number of ether oxygens (including phenoxy) is 2. The van der Waals surface area contributed by atoms with E-state index in [0.717, 1.165) is 46.4 Å². The van der Waals surface area contributed by atoms with Crippen molar-refractivity contribution in [2.75, 3.05) is 26.3 Å². The SMILES string of the molecule is CC(C)NCCOc1ccc2cc3ccc(OCCNC(C)C)cc3nc2c1.Cl.Cl.Cl. The van der Waals surface area contributed by atoms with Crippen molar-refractivity contribution in [3.63, 3.8) is 0 Å². The van der Waals surface area contributed by atoms with E-state index in [2.05, 4.69) is 56.5 Å². The fourth-order valence-corrected chi connectivity index (χ4v) is 2.99. The van der Waals surface area contributed by atoms with E-state index in [1.807, 2.05) is 24.3 Å². The van der Waals surface area contributed by atoms with E-state index >= 15 is 0 Å². The fourth-order valence-electron chi connectivity index (χ4n) is 2.99. The highest BCUT2D eigenvalue weighted by Gasteiger charge is 2.05. The van der Waals surface area contributed by atoms with E-state index in [1.54, 1.807) is 0 Å². The fraction of sp³-hybridized carbons (Fsp3) is 0.435. The van der Waals surface area contributed by atoms with Gasteiger partial charge in [-0.15, -0.1) is 37.2 Å². The van der Waals surface area contributed by atoms with Crippen molar-refractivity contribution in [3.05, 3.63) is 42.5 Å². The lowest BCUT2D eigenvalue weighted by molar-refractivity contribution is 0.309. The molecule has 0 fully saturated rings. The number of fused-ring (bicyclic) bond motifs is 2. The van der Waals surface area contributed by atoms with Crippen LogP contribution in [0.4, 0.5) is 0 Å². The van der Waals surface area contributed by atoms with E-state index in [1.165, 1.54) is 0 Å². The number of hydrogen-bond acceptors (Lipinski definition) is 5. The van der Waals surface area contributed by atoms with Gasteiger partial charge in [-0.3, -0.25) is 0 Å². The summed E-state index contributed by atoms with van der Waals surface area (Å²) in [4.78, 5) is 4.82. The monoisotopic (exact) mass is 489 g/mol. The number of halogens is 3. The van der Waals surface area contributed by atoms with Gasteiger partial charge in [0.05, 0.1) is 11.0 Å². The van der Waals surface area contributed by atoms with Crippen LogP contribution in [0.1, 0.15) is 27.7 Å². The molecule has 0 aliphatic heterocycles. The third kappa shape index (κ3) is 9.26. The van der Waals surface area contributed by atoms with Gasteiger partial charge >= 0.3 is 0 Å². The summed E-state index contributed by atoms with van der Waals surface area (Å²) in [7, 11) is 0. The molecule has 3 rings (SSSR count). The summed E-state index contributed by atoms with van der Waals surface area (Å²) in [5.74, 6) is 1.69. The van der Waals surface area contributed by atoms with Crippen LogP contribution in [0.5, 0.6) is 11.5 Å². The molecule has 0 aliphatic rings. The predicted molar refractivity (Wildman–Crippen MR) is 138 cm³/mol. The van der Waals surface area contributed by atoms with Gasteiger partial charge < -0.3 is 20.1 Å². The Morgan fingerprint density at radius 2 is 1.10 bits per heavy atom. The molecular formula is C23H34Cl3N3O2. The van der Waals surface area contributed by atoms with Crippen LogP contribution in [0.25, 0.3) is 21.8 Å². The van der Waals surface area contributed by atoms with E-state index < -0.39 is 0 Å². The number of nitrogens with zero attached hydrogens (tertiary/aromatic N) is 1. The Hall–Kier alpha value is -1.50. The smallest absolute Gasteiger partial charge is 0.121 e. The van der Waals surface area contributed by atoms with Crippen molar-refractivity contribution in [3.8, 4) is 11.5 Å². The summed E-state index contributed by atoms with van der Waals surface area (Å²) in [5.41, 5.74) is 1.86. The lowest BCUT2D eigenvalue weighted by Crippen LogP contribution is -2.27. The van der Waals surface area contributed by atoms with Gasteiger partial charge in [-0.2, -0.15) is 0 Å². The van der Waals surface area contributed by atoms with Crippen molar-refractivity contribution in [1.29, 1.82) is 0 Å². The zero-order valence-electron chi connectivity index (χ0n) is 18.5. The van der Waals surface area contributed by atoms with Crippen molar-refractivity contribution in [2.24, 2.45) is 0 Å². The average Bonchev–Trinajstić information content (AvgIpc) is 2.66. The van der Waals surface area contributed by atoms with Crippen LogP contribution in [-0.4, -0.2) is 43.4 Å². The second-order valence-electron chi connectivity index (χ2n) is 7.61. The molecule has 0 amide bonds. The predicted octanol–water partition coefficient (Wildman–Crippen LogP) is 5.41. The first-order valence-corrected chi connectivity index (χ1v) is 10.1. The van der Waals surface area contributed by atoms with E-state index in [4.69, 9.17) is 14.5 Å². The molecule has 0 saturated carbocycles. The minimum absolute atomic E-state index is 0. The molecule has 0 spiro atoms. The number of aromatic nitrogens is 1. The lowest BCUT2D eigenvalue weighted by atomic mass is 10.1. The Labute approximate surface area is 203 Å². The van der Waals surface area contributed by atoms with Crippen LogP contribution in [-0.2, 0) is 0 Å². The first-order valence-electron chi connectivity index (χ1n) is 10.1. The topological polar surface area (TPSA) is 55.4 Å². The molecule has 0 bridgehead atoms. The molecule has 174 valence electrons. The highest BCUT2D eigenvalue weighted by atomic mass is 35.5. The standard InChI is InChI=1S/C23H31N3O2.3ClH/c1-16(2)24-9-11-27-20-7-5-18-13-19-6-8-21(28-12-10-25-17(3)4)15-23(19)26-22(18)14-20;;;/h5-8,13-17,24-25H,9-12H2,1-4H3;3*1H. The molecule has 5 nitrogen and oxygen atoms in total. The Morgan fingerprint density at radius 1 is 0.677 bits per heavy atom. The zero-order valence-corrected chi connectivity index (χ0v) is 21.0. The number of rotatable bonds is 10. The van der Waals surface area contributed by atoms with Crippen LogP contribution in [0, 0.1) is 0 Å². The largest absolute Gasteiger partial charge is 0.492 e. The third-order valence-corrected chi connectivity index (χ3v) is 4.40. The van der Waals surface area contributed by atoms with Crippen LogP contribution in [0.2, 0.25) is 0 Å². The number of benzene rings is 2. The summed E-state index contributed by atoms with van der Waals surface area (Å²) in [6.45, 7) is 11.4. The first kappa shape index (κ1) is 29.5. The lowest BCUT2D eigenvalue weighted by Gasteiger charge is -2.11. The molecule has 2 aromatic carbocycles. The molecule has 0 aliphatic carbocycles. The van der Waals surface area contributed by atoms with Crippen LogP contribution < -0.4 is 20.1 Å². The molecule has 8 heteroatoms. The van der Waals surface area contributed by atoms with Gasteiger partial charge in [-0.05, 0) is 30.3 Å². The quantitative estimate of drug-likeness (QED) is 0.294. The van der Waals surface area contributed by atoms with E-state index in [0.29, 0.717) is 25.3 Å². The number of pyridine rings is 1. The maximum atomic E-state index is 5.85. The number of nitrogens with one attached hydrogen (secondary N) is 2. The second kappa shape index (κ2) is 14.5. The van der Waals surface area contributed by atoms with E-state index in [9.17, 15) is 0 Å². The van der Waals surface area contributed by atoms with Gasteiger partial charge in [-0.25, -0.2) is 4.98 Å². The zero-order chi connectivity index (χ0) is 19.9. The van der Waals surface area contributed by atoms with Crippen molar-refractivity contribution in [1.82, 2.24) is 15.6 Å². The highest BCUT2D eigenvalue weighted by molar-refractivity contribution is 5.93. The van der Waals surface area contributed by atoms with Crippen LogP contribution in [0.15, 0.2) is 42.5 Å². The normalized spacial score (nSPS) is 10.5. The van der Waals surface area contributed by atoms with Gasteiger partial charge in [0.15, 0.2) is 0 Å². The maximum absolute atomic E-state index is 5.85. The summed E-state index contributed by atoms with van der Waals surface area (Å²) in [6, 6.07) is 15.2. The molecule has 2 N–H and O–H groups in total. The molecule has 1 aromatic heterocycles. The van der Waals surface area contributed by atoms with Crippen molar-refractivity contribution < 1.29 is 9.47 Å². The van der Waals surface area contributed by atoms with Gasteiger partial charge in [0.25, 0.3) is 0 Å². The highest BCUT2D eigenvalue weighted by Crippen LogP contribution is 2.26. The van der Waals surface area contributed by atoms with Crippen LogP contribution >= 0.6 is 37.2 Å². The van der Waals surface area contributed by atoms with Gasteiger partial charge in [-0.1, -0.05) is 27.7 Å². The van der Waals surface area contributed by atoms with Gasteiger partial charge in [0.2, 0.25) is 0 Å². The average molecular weight is 491 g/mol. The minimum Gasteiger partial charge on any atom is -0.492 e. The Morgan fingerprint density at radius 3 is 1.48 bits per heavy atom. The molecule has 31 heavy (non-hydrogen) atoms. The Balaban J connectivity index is 0.00000300. The van der Waals surface area contributed by atoms with Gasteiger partial charge in [0.1, 0.15) is 24.7 Å². The minimum atomic E-state index is 0. The summed E-state index contributed by atoms with van der Waals surface area (Å²) in [5, 5.41) is 8.92. The Bertz CT molecular complexity index is 852. The van der Waals surface area contributed by atoms with Crippen molar-refractivity contribution >= 4 is 59.0 Å². The maximum Gasteiger partial charge on any atom is 0.121 e. The van der Waals surface area contributed by atoms with Crippen molar-refractivity contribution in [2.45, 2.75) is 39.8 Å². The summed E-state index contributed by atoms with van der Waals surface area (Å²) in [6.07, 6.45) is 0. The molecule has 0 unspecified atom stereocenters. The molecule has 3 aromatic rings. The first-order chi connectivity index (χ1) is 13.5. The molecular weight excluding hydrogens is 457 g/mol. The van der Waals surface area contributed by atoms with Crippen LogP contribution in [0.3, 0.4) is 0 Å². The third-order valence-electron chi connectivity index (χ3n) is 4.40. The summed E-state index contributed by atoms with van der Waals surface area (Å²) >= 11 is 0. The Kier molecular flexibility index (Phi) is 13.8. The van der Waals surface area contributed by atoms with E-state index in [-0.39, 0.29) is 37.2 Å². The number of hydrogen-bond donors (Lipinski definition) is 2. The van der Waals surface area contributed by atoms with Gasteiger partial charge in [0, 0.05) is 48.1 Å². The molecule has 1 heterocycles. The molecule has 0 saturated heterocycles. The summed E-state index contributed by atoms with van der Waals surface area (Å²) < 4.78 is 11.7. The molecule has 0 radical (unpaired) electrons.